The Labute approximate surface area is 140 Å². The van der Waals surface area contributed by atoms with Crippen molar-refractivity contribution >= 4 is 17.2 Å². The summed E-state index contributed by atoms with van der Waals surface area (Å²) >= 11 is 1.54. The van der Waals surface area contributed by atoms with E-state index in [0.29, 0.717) is 0 Å². The summed E-state index contributed by atoms with van der Waals surface area (Å²) in [5.74, 6) is 0.400. The van der Waals surface area contributed by atoms with Crippen LogP contribution in [0.4, 0.5) is 0 Å². The molecule has 2 N–H and O–H groups in total. The predicted octanol–water partition coefficient (Wildman–Crippen LogP) is 3.08. The van der Waals surface area contributed by atoms with Crippen LogP contribution in [0.15, 0.2) is 24.3 Å². The van der Waals surface area contributed by atoms with Crippen molar-refractivity contribution in [1.29, 1.82) is 0 Å². The van der Waals surface area contributed by atoms with Gasteiger partial charge in [0.1, 0.15) is 16.4 Å². The summed E-state index contributed by atoms with van der Waals surface area (Å²) in [6.07, 6.45) is 0. The smallest absolute Gasteiger partial charge is 0.251 e. The summed E-state index contributed by atoms with van der Waals surface area (Å²) in [5.41, 5.74) is 0.488. The van der Waals surface area contributed by atoms with Crippen molar-refractivity contribution < 1.29 is 14.6 Å². The summed E-state index contributed by atoms with van der Waals surface area (Å²) in [6, 6.07) is 7.50. The summed E-state index contributed by atoms with van der Waals surface area (Å²) in [7, 11) is 1.63. The molecule has 0 aliphatic carbocycles. The summed E-state index contributed by atoms with van der Waals surface area (Å²) < 4.78 is 5.16. The highest BCUT2D eigenvalue weighted by atomic mass is 32.1. The van der Waals surface area contributed by atoms with E-state index in [9.17, 15) is 9.90 Å². The number of hydrogen-bond donors (Lipinski definition) is 2. The summed E-state index contributed by atoms with van der Waals surface area (Å²) in [6.45, 7) is 6.75. The quantitative estimate of drug-likeness (QED) is 0.881. The van der Waals surface area contributed by atoms with E-state index in [1.165, 1.54) is 25.2 Å². The highest BCUT2D eigenvalue weighted by Gasteiger charge is 2.26. The number of thiazole rings is 1. The summed E-state index contributed by atoms with van der Waals surface area (Å²) in [4.78, 5) is 17.5. The number of nitrogens with zero attached hydrogens (tertiary/aromatic N) is 1. The lowest BCUT2D eigenvalue weighted by Crippen LogP contribution is -2.42. The van der Waals surface area contributed by atoms with Crippen molar-refractivity contribution in [3.05, 3.63) is 34.8 Å². The molecule has 2 aromatic rings. The number of hydrogen-bond acceptors (Lipinski definition) is 5. The van der Waals surface area contributed by atoms with Crippen molar-refractivity contribution in [3.63, 3.8) is 0 Å². The molecule has 0 spiro atoms. The molecule has 0 saturated heterocycles. The molecule has 23 heavy (non-hydrogen) atoms. The highest BCUT2D eigenvalue weighted by molar-refractivity contribution is 7.15. The fourth-order valence-corrected chi connectivity index (χ4v) is 3.18. The van der Waals surface area contributed by atoms with E-state index in [4.69, 9.17) is 4.74 Å². The molecule has 0 aliphatic heterocycles. The molecule has 1 aromatic carbocycles. The number of nitrogens with one attached hydrogen (secondary N) is 1. The lowest BCUT2D eigenvalue weighted by molar-refractivity contribution is -0.137. The second-order valence-corrected chi connectivity index (χ2v) is 6.98. The van der Waals surface area contributed by atoms with E-state index in [0.717, 1.165) is 26.9 Å². The minimum Gasteiger partial charge on any atom is -0.497 e. The number of ether oxygens (including phenoxy) is 1. The lowest BCUT2D eigenvalue weighted by Gasteiger charge is -2.20. The van der Waals surface area contributed by atoms with Crippen molar-refractivity contribution in [2.45, 2.75) is 39.3 Å². The van der Waals surface area contributed by atoms with Crippen LogP contribution in [0.1, 0.15) is 37.4 Å². The van der Waals surface area contributed by atoms with E-state index in [1.54, 1.807) is 7.11 Å². The van der Waals surface area contributed by atoms with Crippen molar-refractivity contribution in [2.24, 2.45) is 0 Å². The van der Waals surface area contributed by atoms with Gasteiger partial charge in [-0.15, -0.1) is 11.3 Å². The molecule has 124 valence electrons. The molecule has 0 fully saturated rings. The van der Waals surface area contributed by atoms with Gasteiger partial charge in [0.05, 0.1) is 23.7 Å². The molecule has 0 aliphatic rings. The first-order chi connectivity index (χ1) is 10.7. The van der Waals surface area contributed by atoms with Gasteiger partial charge in [-0.05, 0) is 52.0 Å². The molecule has 0 radical (unpaired) electrons. The Kier molecular flexibility index (Phi) is 5.06. The Balaban J connectivity index is 2.21. The monoisotopic (exact) mass is 334 g/mol. The standard InChI is InChI=1S/C17H22N2O3S/c1-10-14(11(2)19-16(20)17(3,4)21)23-15(18-10)12-6-8-13(22-5)9-7-12/h6-9,11,21H,1-5H3,(H,19,20)/t11-/m0/s1. The molecular weight excluding hydrogens is 312 g/mol. The molecule has 5 nitrogen and oxygen atoms in total. The average molecular weight is 334 g/mol. The molecule has 2 rings (SSSR count). The highest BCUT2D eigenvalue weighted by Crippen LogP contribution is 2.32. The zero-order valence-electron chi connectivity index (χ0n) is 14.0. The topological polar surface area (TPSA) is 71.5 Å². The first kappa shape index (κ1) is 17.4. The number of aryl methyl sites for hydroxylation is 1. The lowest BCUT2D eigenvalue weighted by atomic mass is 10.1. The van der Waals surface area contributed by atoms with E-state index >= 15 is 0 Å². The first-order valence-electron chi connectivity index (χ1n) is 7.37. The van der Waals surface area contributed by atoms with Crippen LogP contribution in [0, 0.1) is 6.92 Å². The van der Waals surface area contributed by atoms with E-state index < -0.39 is 11.5 Å². The van der Waals surface area contributed by atoms with Crippen LogP contribution in [-0.4, -0.2) is 28.7 Å². The second kappa shape index (κ2) is 6.68. The normalized spacial score (nSPS) is 12.8. The molecule has 1 atom stereocenters. The van der Waals surface area contributed by atoms with Crippen LogP contribution in [0.5, 0.6) is 5.75 Å². The van der Waals surface area contributed by atoms with Crippen molar-refractivity contribution in [2.75, 3.05) is 7.11 Å². The van der Waals surface area contributed by atoms with E-state index in [2.05, 4.69) is 10.3 Å². The molecule has 0 bridgehead atoms. The van der Waals surface area contributed by atoms with Gasteiger partial charge in [0.15, 0.2) is 0 Å². The zero-order chi connectivity index (χ0) is 17.2. The maximum absolute atomic E-state index is 11.9. The fourth-order valence-electron chi connectivity index (χ4n) is 2.11. The van der Waals surface area contributed by atoms with Gasteiger partial charge in [-0.25, -0.2) is 4.98 Å². The number of rotatable bonds is 5. The minimum absolute atomic E-state index is 0.210. The molecule has 6 heteroatoms. The molecule has 0 unspecified atom stereocenters. The van der Waals surface area contributed by atoms with Crippen LogP contribution >= 0.6 is 11.3 Å². The molecule has 1 amide bonds. The van der Waals surface area contributed by atoms with Crippen molar-refractivity contribution in [3.8, 4) is 16.3 Å². The Bertz CT molecular complexity index is 687. The average Bonchev–Trinajstić information content (AvgIpc) is 2.88. The Hall–Kier alpha value is -1.92. The number of carbonyl (C=O) groups excluding carboxylic acids is 1. The van der Waals surface area contributed by atoms with Crippen LogP contribution in [0.3, 0.4) is 0 Å². The third kappa shape index (κ3) is 4.09. The van der Waals surface area contributed by atoms with E-state index in [-0.39, 0.29) is 6.04 Å². The van der Waals surface area contributed by atoms with Gasteiger partial charge in [-0.2, -0.15) is 0 Å². The van der Waals surface area contributed by atoms with Crippen molar-refractivity contribution in [1.82, 2.24) is 10.3 Å². The van der Waals surface area contributed by atoms with Crippen LogP contribution < -0.4 is 10.1 Å². The largest absolute Gasteiger partial charge is 0.497 e. The maximum Gasteiger partial charge on any atom is 0.251 e. The second-order valence-electron chi connectivity index (χ2n) is 5.95. The van der Waals surface area contributed by atoms with E-state index in [1.807, 2.05) is 38.1 Å². The molecular formula is C17H22N2O3S. The van der Waals surface area contributed by atoms with Gasteiger partial charge in [0, 0.05) is 5.56 Å². The predicted molar refractivity (Wildman–Crippen MR) is 91.7 cm³/mol. The Morgan fingerprint density at radius 1 is 1.35 bits per heavy atom. The van der Waals surface area contributed by atoms with Gasteiger partial charge >= 0.3 is 0 Å². The van der Waals surface area contributed by atoms with Crippen LogP contribution in [0.2, 0.25) is 0 Å². The number of aromatic nitrogens is 1. The number of benzene rings is 1. The Morgan fingerprint density at radius 3 is 2.48 bits per heavy atom. The molecule has 1 heterocycles. The fraction of sp³-hybridized carbons (Fsp3) is 0.412. The first-order valence-corrected chi connectivity index (χ1v) is 8.19. The Morgan fingerprint density at radius 2 is 1.96 bits per heavy atom. The third-order valence-corrected chi connectivity index (χ3v) is 4.86. The number of carbonyl (C=O) groups is 1. The SMILES string of the molecule is COc1ccc(-c2nc(C)c([C@H](C)NC(=O)C(C)(C)O)s2)cc1. The van der Waals surface area contributed by atoms with Gasteiger partial charge < -0.3 is 15.2 Å². The van der Waals surface area contributed by atoms with Crippen LogP contribution in [-0.2, 0) is 4.79 Å². The van der Waals surface area contributed by atoms with Crippen LogP contribution in [0.25, 0.3) is 10.6 Å². The third-order valence-electron chi connectivity index (χ3n) is 3.47. The minimum atomic E-state index is -1.40. The van der Waals surface area contributed by atoms with Gasteiger partial charge in [-0.3, -0.25) is 4.79 Å². The zero-order valence-corrected chi connectivity index (χ0v) is 14.8. The summed E-state index contributed by atoms with van der Waals surface area (Å²) in [5, 5.41) is 13.5. The van der Waals surface area contributed by atoms with Gasteiger partial charge in [0.25, 0.3) is 5.91 Å². The molecule has 0 saturated carbocycles. The number of methoxy groups -OCH3 is 1. The van der Waals surface area contributed by atoms with Gasteiger partial charge in [0.2, 0.25) is 0 Å². The number of amides is 1. The maximum atomic E-state index is 11.9. The number of aliphatic hydroxyl groups is 1. The van der Waals surface area contributed by atoms with Gasteiger partial charge in [-0.1, -0.05) is 0 Å². The molecule has 1 aromatic heterocycles.